The zero-order valence-electron chi connectivity index (χ0n) is 13.9. The molecule has 2 aromatic carbocycles. The van der Waals surface area contributed by atoms with Crippen LogP contribution in [0.3, 0.4) is 0 Å². The molecule has 0 aromatic heterocycles. The van der Waals surface area contributed by atoms with Crippen molar-refractivity contribution in [3.05, 3.63) is 59.9 Å². The average Bonchev–Trinajstić information content (AvgIpc) is 2.61. The van der Waals surface area contributed by atoms with Gasteiger partial charge in [0.05, 0.1) is 12.2 Å². The Morgan fingerprint density at radius 2 is 1.68 bits per heavy atom. The lowest BCUT2D eigenvalue weighted by Crippen LogP contribution is -2.47. The Balaban J connectivity index is 1.85. The monoisotopic (exact) mass is 346 g/mol. The highest BCUT2D eigenvalue weighted by molar-refractivity contribution is 5.95. The van der Waals surface area contributed by atoms with E-state index in [2.05, 4.69) is 10.9 Å². The Morgan fingerprint density at radius 3 is 2.32 bits per heavy atom. The molecule has 0 aliphatic carbocycles. The third kappa shape index (κ3) is 5.20. The van der Waals surface area contributed by atoms with Crippen LogP contribution in [0, 0.1) is 5.82 Å². The fraction of sp³-hybridized carbons (Fsp3) is 0.222. The van der Waals surface area contributed by atoms with Crippen LogP contribution in [-0.4, -0.2) is 24.5 Å². The van der Waals surface area contributed by atoms with Gasteiger partial charge in [-0.2, -0.15) is 0 Å². The number of hydrogen-bond acceptors (Lipinski definition) is 4. The van der Waals surface area contributed by atoms with Crippen molar-refractivity contribution in [3.63, 3.8) is 0 Å². The molecule has 0 bridgehead atoms. The first-order valence-corrected chi connectivity index (χ1v) is 7.75. The van der Waals surface area contributed by atoms with E-state index in [4.69, 9.17) is 9.47 Å². The Morgan fingerprint density at radius 1 is 1.04 bits per heavy atom. The Labute approximate surface area is 144 Å². The molecular formula is C18H19FN2O4. The highest BCUT2D eigenvalue weighted by Gasteiger charge is 2.17. The maximum absolute atomic E-state index is 13.5. The summed E-state index contributed by atoms with van der Waals surface area (Å²) in [5.74, 6) is -0.818. The largest absolute Gasteiger partial charge is 0.494 e. The highest BCUT2D eigenvalue weighted by Crippen LogP contribution is 2.18. The van der Waals surface area contributed by atoms with Gasteiger partial charge in [-0.1, -0.05) is 12.1 Å². The molecule has 0 saturated carbocycles. The third-order valence-corrected chi connectivity index (χ3v) is 3.23. The van der Waals surface area contributed by atoms with Crippen molar-refractivity contribution in [2.24, 2.45) is 0 Å². The molecule has 0 unspecified atom stereocenters. The molecule has 0 heterocycles. The molecule has 0 spiro atoms. The van der Waals surface area contributed by atoms with E-state index in [-0.39, 0.29) is 5.56 Å². The second-order valence-corrected chi connectivity index (χ2v) is 5.09. The predicted molar refractivity (Wildman–Crippen MR) is 89.7 cm³/mol. The molecule has 25 heavy (non-hydrogen) atoms. The van der Waals surface area contributed by atoms with E-state index in [1.165, 1.54) is 25.1 Å². The van der Waals surface area contributed by atoms with Gasteiger partial charge >= 0.3 is 0 Å². The SMILES string of the molecule is CCOc1ccc(O[C@H](C)C(=O)NNC(=O)c2ccccc2F)cc1. The molecule has 6 nitrogen and oxygen atoms in total. The van der Waals surface area contributed by atoms with Gasteiger partial charge in [0.15, 0.2) is 6.10 Å². The molecule has 132 valence electrons. The molecule has 7 heteroatoms. The molecule has 2 aromatic rings. The average molecular weight is 346 g/mol. The van der Waals surface area contributed by atoms with Gasteiger partial charge in [-0.25, -0.2) is 4.39 Å². The number of halogens is 1. The topological polar surface area (TPSA) is 76.7 Å². The predicted octanol–water partition coefficient (Wildman–Crippen LogP) is 2.45. The molecule has 0 radical (unpaired) electrons. The number of benzene rings is 2. The number of hydrogen-bond donors (Lipinski definition) is 2. The number of hydrazine groups is 1. The van der Waals surface area contributed by atoms with Crippen LogP contribution in [-0.2, 0) is 4.79 Å². The van der Waals surface area contributed by atoms with E-state index in [1.54, 1.807) is 24.3 Å². The first-order chi connectivity index (χ1) is 12.0. The summed E-state index contributed by atoms with van der Waals surface area (Å²) < 4.78 is 24.3. The van der Waals surface area contributed by atoms with Crippen molar-refractivity contribution < 1.29 is 23.5 Å². The van der Waals surface area contributed by atoms with Crippen LogP contribution in [0.2, 0.25) is 0 Å². The second kappa shape index (κ2) is 8.68. The van der Waals surface area contributed by atoms with Crippen LogP contribution in [0.4, 0.5) is 4.39 Å². The molecular weight excluding hydrogens is 327 g/mol. The molecule has 0 saturated heterocycles. The van der Waals surface area contributed by atoms with E-state index in [9.17, 15) is 14.0 Å². The number of amides is 2. The summed E-state index contributed by atoms with van der Waals surface area (Å²) in [5, 5.41) is 0. The lowest BCUT2D eigenvalue weighted by molar-refractivity contribution is -0.128. The number of rotatable bonds is 6. The van der Waals surface area contributed by atoms with Crippen molar-refractivity contribution in [3.8, 4) is 11.5 Å². The summed E-state index contributed by atoms with van der Waals surface area (Å²) in [5.41, 5.74) is 4.19. The number of carbonyl (C=O) groups is 2. The zero-order chi connectivity index (χ0) is 18.2. The van der Waals surface area contributed by atoms with Gasteiger partial charge in [-0.05, 0) is 50.2 Å². The van der Waals surface area contributed by atoms with Crippen molar-refractivity contribution in [1.29, 1.82) is 0 Å². The van der Waals surface area contributed by atoms with E-state index < -0.39 is 23.7 Å². The van der Waals surface area contributed by atoms with E-state index in [1.807, 2.05) is 6.92 Å². The van der Waals surface area contributed by atoms with Crippen LogP contribution in [0.25, 0.3) is 0 Å². The first-order valence-electron chi connectivity index (χ1n) is 7.75. The summed E-state index contributed by atoms with van der Waals surface area (Å²) in [6, 6.07) is 12.3. The number of carbonyl (C=O) groups excluding carboxylic acids is 2. The van der Waals surface area contributed by atoms with E-state index in [0.29, 0.717) is 18.1 Å². The van der Waals surface area contributed by atoms with Gasteiger partial charge in [0.2, 0.25) is 0 Å². The Hall–Kier alpha value is -3.09. The fourth-order valence-electron chi connectivity index (χ4n) is 1.97. The zero-order valence-corrected chi connectivity index (χ0v) is 13.9. The van der Waals surface area contributed by atoms with E-state index in [0.717, 1.165) is 6.07 Å². The van der Waals surface area contributed by atoms with Crippen LogP contribution in [0.1, 0.15) is 24.2 Å². The maximum atomic E-state index is 13.5. The molecule has 0 fully saturated rings. The van der Waals surface area contributed by atoms with Crippen LogP contribution >= 0.6 is 0 Å². The lowest BCUT2D eigenvalue weighted by atomic mass is 10.2. The summed E-state index contributed by atoms with van der Waals surface area (Å²) in [6.07, 6.45) is -0.862. The molecule has 1 atom stereocenters. The molecule has 2 N–H and O–H groups in total. The van der Waals surface area contributed by atoms with Crippen molar-refractivity contribution >= 4 is 11.8 Å². The number of nitrogens with one attached hydrogen (secondary N) is 2. The van der Waals surface area contributed by atoms with Gasteiger partial charge in [-0.15, -0.1) is 0 Å². The van der Waals surface area contributed by atoms with E-state index >= 15 is 0 Å². The first kappa shape index (κ1) is 18.3. The summed E-state index contributed by atoms with van der Waals surface area (Å²) in [4.78, 5) is 23.8. The lowest BCUT2D eigenvalue weighted by Gasteiger charge is -2.15. The highest BCUT2D eigenvalue weighted by atomic mass is 19.1. The van der Waals surface area contributed by atoms with Gasteiger partial charge in [0.1, 0.15) is 17.3 Å². The Bertz CT molecular complexity index is 734. The smallest absolute Gasteiger partial charge is 0.279 e. The van der Waals surface area contributed by atoms with Gasteiger partial charge in [0.25, 0.3) is 11.8 Å². The minimum atomic E-state index is -0.862. The third-order valence-electron chi connectivity index (χ3n) is 3.23. The van der Waals surface area contributed by atoms with Crippen molar-refractivity contribution in [2.45, 2.75) is 20.0 Å². The fourth-order valence-corrected chi connectivity index (χ4v) is 1.97. The molecule has 2 amide bonds. The quantitative estimate of drug-likeness (QED) is 0.788. The molecule has 2 rings (SSSR count). The minimum absolute atomic E-state index is 0.164. The second-order valence-electron chi connectivity index (χ2n) is 5.09. The van der Waals surface area contributed by atoms with Crippen LogP contribution in [0.15, 0.2) is 48.5 Å². The van der Waals surface area contributed by atoms with Crippen LogP contribution in [0.5, 0.6) is 11.5 Å². The van der Waals surface area contributed by atoms with Gasteiger partial charge in [-0.3, -0.25) is 20.4 Å². The summed E-state index contributed by atoms with van der Waals surface area (Å²) in [6.45, 7) is 3.97. The molecule has 0 aliphatic heterocycles. The standard InChI is InChI=1S/C18H19FN2O4/c1-3-24-13-8-10-14(11-9-13)25-12(2)17(22)20-21-18(23)15-6-4-5-7-16(15)19/h4-12H,3H2,1-2H3,(H,20,22)(H,21,23)/t12-/m1/s1. The summed E-state index contributed by atoms with van der Waals surface area (Å²) in [7, 11) is 0. The van der Waals surface area contributed by atoms with Gasteiger partial charge < -0.3 is 9.47 Å². The number of ether oxygens (including phenoxy) is 2. The van der Waals surface area contributed by atoms with Crippen molar-refractivity contribution in [2.75, 3.05) is 6.61 Å². The van der Waals surface area contributed by atoms with Crippen molar-refractivity contribution in [1.82, 2.24) is 10.9 Å². The molecule has 0 aliphatic rings. The van der Waals surface area contributed by atoms with Crippen LogP contribution < -0.4 is 20.3 Å². The van der Waals surface area contributed by atoms with Gasteiger partial charge in [0, 0.05) is 0 Å². The normalized spacial score (nSPS) is 11.3. The maximum Gasteiger partial charge on any atom is 0.279 e. The minimum Gasteiger partial charge on any atom is -0.494 e. The Kier molecular flexibility index (Phi) is 6.33. The summed E-state index contributed by atoms with van der Waals surface area (Å²) >= 11 is 0.